The largest absolute Gasteiger partial charge is 0.493 e. The minimum Gasteiger partial charge on any atom is -0.493 e. The first-order valence-corrected chi connectivity index (χ1v) is 8.30. The Morgan fingerprint density at radius 2 is 2.04 bits per heavy atom. The van der Waals surface area contributed by atoms with E-state index in [-0.39, 0.29) is 5.43 Å². The van der Waals surface area contributed by atoms with Crippen LogP contribution in [0.15, 0.2) is 33.7 Å². The Kier molecular flexibility index (Phi) is 3.83. The van der Waals surface area contributed by atoms with Crippen LogP contribution >= 0.6 is 0 Å². The Morgan fingerprint density at radius 1 is 1.22 bits per heavy atom. The predicted molar refractivity (Wildman–Crippen MR) is 88.9 cm³/mol. The van der Waals surface area contributed by atoms with Crippen LogP contribution in [0.25, 0.3) is 11.0 Å². The Bertz CT molecular complexity index is 762. The van der Waals surface area contributed by atoms with Gasteiger partial charge in [0.1, 0.15) is 0 Å². The van der Waals surface area contributed by atoms with Gasteiger partial charge in [0.05, 0.1) is 18.8 Å². The highest BCUT2D eigenvalue weighted by atomic mass is 16.5. The fraction of sp³-hybridized carbons (Fsp3) is 0.500. The van der Waals surface area contributed by atoms with Crippen molar-refractivity contribution in [2.75, 3.05) is 33.3 Å². The number of rotatable bonds is 3. The Balaban J connectivity index is 1.67. The van der Waals surface area contributed by atoms with Crippen LogP contribution in [-0.4, -0.2) is 49.1 Å². The van der Waals surface area contributed by atoms with E-state index in [2.05, 4.69) is 9.80 Å². The summed E-state index contributed by atoms with van der Waals surface area (Å²) in [6, 6.07) is 6.05. The topological polar surface area (TPSA) is 45.9 Å². The second kappa shape index (κ2) is 5.98. The average Bonchev–Trinajstić information content (AvgIpc) is 2.90. The number of fused-ring (bicyclic) bond motifs is 5. The summed E-state index contributed by atoms with van der Waals surface area (Å²) in [6.45, 7) is 5.17. The minimum atomic E-state index is 0.0595. The number of hydrogen-bond acceptors (Lipinski definition) is 5. The van der Waals surface area contributed by atoms with Crippen LogP contribution in [0.2, 0.25) is 0 Å². The molecule has 0 unspecified atom stereocenters. The fourth-order valence-electron chi connectivity index (χ4n) is 3.83. The van der Waals surface area contributed by atoms with E-state index in [1.807, 2.05) is 18.2 Å². The highest BCUT2D eigenvalue weighted by molar-refractivity contribution is 5.82. The summed E-state index contributed by atoms with van der Waals surface area (Å²) in [4.78, 5) is 17.8. The van der Waals surface area contributed by atoms with Gasteiger partial charge < -0.3 is 14.1 Å². The van der Waals surface area contributed by atoms with Crippen LogP contribution in [0.5, 0.6) is 5.75 Å². The zero-order chi connectivity index (χ0) is 15.8. The molecule has 2 aromatic rings. The van der Waals surface area contributed by atoms with Gasteiger partial charge in [-0.05, 0) is 38.1 Å². The van der Waals surface area contributed by atoms with Gasteiger partial charge in [0.15, 0.2) is 16.8 Å². The molecule has 5 rings (SSSR count). The van der Waals surface area contributed by atoms with Gasteiger partial charge in [-0.25, -0.2) is 0 Å². The monoisotopic (exact) mass is 314 g/mol. The van der Waals surface area contributed by atoms with Crippen LogP contribution < -0.4 is 10.2 Å². The zero-order valence-corrected chi connectivity index (χ0v) is 13.5. The average molecular weight is 314 g/mol. The van der Waals surface area contributed by atoms with E-state index in [1.165, 1.54) is 25.9 Å². The first kappa shape index (κ1) is 14.7. The number of methoxy groups -OCH3 is 1. The first-order valence-electron chi connectivity index (χ1n) is 8.30. The van der Waals surface area contributed by atoms with Crippen molar-refractivity contribution in [1.29, 1.82) is 0 Å². The molecule has 1 aromatic carbocycles. The van der Waals surface area contributed by atoms with Crippen LogP contribution in [0.4, 0.5) is 0 Å². The van der Waals surface area contributed by atoms with Crippen molar-refractivity contribution in [1.82, 2.24) is 9.80 Å². The van der Waals surface area contributed by atoms with Crippen molar-refractivity contribution in [3.8, 4) is 5.75 Å². The maximum absolute atomic E-state index is 12.8. The van der Waals surface area contributed by atoms with Gasteiger partial charge >= 0.3 is 0 Å². The molecule has 0 N–H and O–H groups in total. The number of hydrogen-bond donors (Lipinski definition) is 0. The standard InChI is InChI=1S/C18H22N2O3/c1-22-16-4-2-3-15-17(21)13(12-23-18(15)16)11-20-10-9-19-7-5-14(20)6-8-19/h2-4,12,14H,5-11H2,1H3. The van der Waals surface area contributed by atoms with Crippen LogP contribution in [0.3, 0.4) is 0 Å². The molecule has 3 aliphatic heterocycles. The molecule has 2 bridgehead atoms. The van der Waals surface area contributed by atoms with Gasteiger partial charge in [-0.1, -0.05) is 6.07 Å². The third kappa shape index (κ3) is 2.64. The lowest BCUT2D eigenvalue weighted by atomic mass is 10.0. The molecule has 1 aromatic heterocycles. The molecule has 3 fully saturated rings. The summed E-state index contributed by atoms with van der Waals surface area (Å²) >= 11 is 0. The third-order valence-electron chi connectivity index (χ3n) is 5.20. The Morgan fingerprint density at radius 3 is 2.83 bits per heavy atom. The molecular formula is C18H22N2O3. The fourth-order valence-corrected chi connectivity index (χ4v) is 3.83. The molecule has 3 aliphatic rings. The third-order valence-corrected chi connectivity index (χ3v) is 5.20. The zero-order valence-electron chi connectivity index (χ0n) is 13.5. The van der Waals surface area contributed by atoms with Crippen molar-refractivity contribution < 1.29 is 9.15 Å². The smallest absolute Gasteiger partial charge is 0.197 e. The second-order valence-corrected chi connectivity index (χ2v) is 6.47. The van der Waals surface area contributed by atoms with Gasteiger partial charge in [0.2, 0.25) is 0 Å². The van der Waals surface area contributed by atoms with E-state index in [4.69, 9.17) is 9.15 Å². The van der Waals surface area contributed by atoms with Crippen LogP contribution in [0.1, 0.15) is 18.4 Å². The predicted octanol–water partition coefficient (Wildman–Crippen LogP) is 2.08. The van der Waals surface area contributed by atoms with Gasteiger partial charge in [-0.3, -0.25) is 9.69 Å². The number of benzene rings is 1. The summed E-state index contributed by atoms with van der Waals surface area (Å²) in [7, 11) is 1.59. The molecule has 4 heterocycles. The molecule has 0 spiro atoms. The molecule has 0 atom stereocenters. The van der Waals surface area contributed by atoms with Gasteiger partial charge in [-0.15, -0.1) is 0 Å². The molecule has 3 saturated heterocycles. The summed E-state index contributed by atoms with van der Waals surface area (Å²) in [5.74, 6) is 0.604. The van der Waals surface area contributed by atoms with Crippen molar-refractivity contribution in [2.45, 2.75) is 25.4 Å². The SMILES string of the molecule is COc1cccc2c(=O)c(CN3CCN4CCC3CC4)coc12. The van der Waals surface area contributed by atoms with E-state index in [0.29, 0.717) is 29.3 Å². The second-order valence-electron chi connectivity index (χ2n) is 6.47. The normalized spacial score (nSPS) is 24.7. The lowest BCUT2D eigenvalue weighted by Crippen LogP contribution is -2.38. The number of ether oxygens (including phenoxy) is 1. The molecule has 0 aliphatic carbocycles. The molecule has 5 nitrogen and oxygen atoms in total. The maximum atomic E-state index is 12.8. The van der Waals surface area contributed by atoms with Crippen molar-refractivity contribution in [2.24, 2.45) is 0 Å². The van der Waals surface area contributed by atoms with Gasteiger partial charge in [0, 0.05) is 31.2 Å². The Labute approximate surface area is 135 Å². The van der Waals surface area contributed by atoms with Gasteiger partial charge in [0.25, 0.3) is 0 Å². The lowest BCUT2D eigenvalue weighted by Gasteiger charge is -2.31. The summed E-state index contributed by atoms with van der Waals surface area (Å²) in [5, 5.41) is 0.602. The minimum absolute atomic E-state index is 0.0595. The van der Waals surface area contributed by atoms with Crippen molar-refractivity contribution in [3.05, 3.63) is 40.2 Å². The van der Waals surface area contributed by atoms with E-state index >= 15 is 0 Å². The summed E-state index contributed by atoms with van der Waals surface area (Å²) < 4.78 is 11.0. The number of nitrogens with zero attached hydrogens (tertiary/aromatic N) is 2. The summed E-state index contributed by atoms with van der Waals surface area (Å²) in [6.07, 6.45) is 4.02. The highest BCUT2D eigenvalue weighted by Crippen LogP contribution is 2.25. The molecule has 0 amide bonds. The molecule has 5 heteroatoms. The quantitative estimate of drug-likeness (QED) is 0.868. The molecule has 0 radical (unpaired) electrons. The van der Waals surface area contributed by atoms with E-state index in [1.54, 1.807) is 13.4 Å². The van der Waals surface area contributed by atoms with Crippen LogP contribution in [-0.2, 0) is 6.54 Å². The van der Waals surface area contributed by atoms with Crippen molar-refractivity contribution >= 4 is 11.0 Å². The van der Waals surface area contributed by atoms with Crippen molar-refractivity contribution in [3.63, 3.8) is 0 Å². The maximum Gasteiger partial charge on any atom is 0.197 e. The lowest BCUT2D eigenvalue weighted by molar-refractivity contribution is 0.175. The molecule has 23 heavy (non-hydrogen) atoms. The van der Waals surface area contributed by atoms with E-state index in [0.717, 1.165) is 18.7 Å². The van der Waals surface area contributed by atoms with E-state index < -0.39 is 0 Å². The number of para-hydroxylation sites is 1. The van der Waals surface area contributed by atoms with E-state index in [9.17, 15) is 4.79 Å². The number of piperidine rings is 1. The highest BCUT2D eigenvalue weighted by Gasteiger charge is 2.29. The summed E-state index contributed by atoms with van der Waals surface area (Å²) in [5.41, 5.74) is 1.34. The molecule has 0 saturated carbocycles. The molecule has 122 valence electrons. The first-order chi connectivity index (χ1) is 11.3. The van der Waals surface area contributed by atoms with Crippen LogP contribution in [0, 0.1) is 0 Å². The Hall–Kier alpha value is -1.85. The van der Waals surface area contributed by atoms with Gasteiger partial charge in [-0.2, -0.15) is 0 Å². The molecular weight excluding hydrogens is 292 g/mol.